The van der Waals surface area contributed by atoms with Gasteiger partial charge in [0.2, 0.25) is 0 Å². The molecule has 0 spiro atoms. The zero-order chi connectivity index (χ0) is 34.6. The molecule has 48 heavy (non-hydrogen) atoms. The summed E-state index contributed by atoms with van der Waals surface area (Å²) in [6, 6.07) is 0. The van der Waals surface area contributed by atoms with Crippen LogP contribution in [0.3, 0.4) is 0 Å². The number of unbranched alkanes of at least 4 members (excludes halogenated alkanes) is 22. The molecule has 0 amide bonds. The molecule has 0 atom stereocenters. The molecule has 1 aliphatic rings. The van der Waals surface area contributed by atoms with Crippen LogP contribution in [0.1, 0.15) is 194 Å². The Hall–Kier alpha value is -1.66. The van der Waals surface area contributed by atoms with Crippen molar-refractivity contribution in [1.82, 2.24) is 0 Å². The molecule has 0 radical (unpaired) electrons. The number of rotatable bonds is 34. The van der Waals surface area contributed by atoms with Crippen LogP contribution >= 0.6 is 0 Å². The minimum Gasteiger partial charge on any atom is -0.460 e. The number of carbonyl (C=O) groups excluding carboxylic acids is 2. The molecule has 0 aromatic carbocycles. The molecule has 1 saturated heterocycles. The molecule has 280 valence electrons. The lowest BCUT2D eigenvalue weighted by Crippen LogP contribution is -2.57. The molecule has 0 aromatic heterocycles. The van der Waals surface area contributed by atoms with E-state index < -0.39 is 0 Å². The predicted molar refractivity (Wildman–Crippen MR) is 202 cm³/mol. The van der Waals surface area contributed by atoms with Gasteiger partial charge in [0.1, 0.15) is 19.7 Å². The number of esters is 1. The van der Waals surface area contributed by atoms with E-state index in [2.05, 4.69) is 38.2 Å². The summed E-state index contributed by atoms with van der Waals surface area (Å²) >= 11 is 0. The minimum absolute atomic E-state index is 0.140. The Bertz CT molecular complexity index is 789. The summed E-state index contributed by atoms with van der Waals surface area (Å²) in [5.74, 6) is -0.284. The molecule has 1 fully saturated rings. The molecular formula is C42H78NO5+. The molecule has 0 N–H and O–H groups in total. The molecule has 1 heterocycles. The van der Waals surface area contributed by atoms with Gasteiger partial charge in [0, 0.05) is 6.42 Å². The minimum atomic E-state index is -0.144. The molecule has 1 rings (SSSR count). The van der Waals surface area contributed by atoms with Gasteiger partial charge in [-0.25, -0.2) is 4.79 Å². The zero-order valence-electron chi connectivity index (χ0n) is 31.8. The molecule has 0 saturated carbocycles. The van der Waals surface area contributed by atoms with Gasteiger partial charge in [0.25, 0.3) is 0 Å². The van der Waals surface area contributed by atoms with Crippen molar-refractivity contribution >= 4 is 11.9 Å². The fourth-order valence-electron chi connectivity index (χ4n) is 6.38. The van der Waals surface area contributed by atoms with Gasteiger partial charge in [0.05, 0.1) is 19.6 Å². The molecule has 6 heteroatoms. The van der Waals surface area contributed by atoms with Gasteiger partial charge in [0.15, 0.2) is 6.54 Å². The van der Waals surface area contributed by atoms with Crippen LogP contribution in [0.2, 0.25) is 0 Å². The molecule has 0 bridgehead atoms. The maximum absolute atomic E-state index is 12.7. The molecule has 6 nitrogen and oxygen atoms in total. The van der Waals surface area contributed by atoms with Gasteiger partial charge in [-0.3, -0.25) is 9.63 Å². The molecule has 0 aromatic rings. The van der Waals surface area contributed by atoms with Crippen molar-refractivity contribution in [3.63, 3.8) is 0 Å². The van der Waals surface area contributed by atoms with Crippen molar-refractivity contribution in [2.45, 2.75) is 194 Å². The van der Waals surface area contributed by atoms with E-state index >= 15 is 0 Å². The summed E-state index contributed by atoms with van der Waals surface area (Å²) < 4.78 is 11.3. The van der Waals surface area contributed by atoms with Crippen molar-refractivity contribution in [2.75, 3.05) is 39.5 Å². The average molecular weight is 677 g/mol. The van der Waals surface area contributed by atoms with Crippen LogP contribution in [0.4, 0.5) is 0 Å². The second kappa shape index (κ2) is 33.8. The van der Waals surface area contributed by atoms with Crippen LogP contribution in [0.25, 0.3) is 0 Å². The first-order chi connectivity index (χ1) is 23.6. The maximum Gasteiger partial charge on any atom is 0.366 e. The molecular weight excluding hydrogens is 598 g/mol. The van der Waals surface area contributed by atoms with E-state index in [-0.39, 0.29) is 23.2 Å². The van der Waals surface area contributed by atoms with Gasteiger partial charge >= 0.3 is 11.9 Å². The summed E-state index contributed by atoms with van der Waals surface area (Å²) in [5.41, 5.74) is 0. The highest BCUT2D eigenvalue weighted by molar-refractivity contribution is 5.69. The Labute approximate surface area is 297 Å². The summed E-state index contributed by atoms with van der Waals surface area (Å²) in [6.45, 7) is 7.66. The van der Waals surface area contributed by atoms with Gasteiger partial charge < -0.3 is 9.47 Å². The van der Waals surface area contributed by atoms with Crippen LogP contribution in [0, 0.1) is 0 Å². The van der Waals surface area contributed by atoms with E-state index in [9.17, 15) is 9.59 Å². The monoisotopic (exact) mass is 677 g/mol. The van der Waals surface area contributed by atoms with E-state index in [1.165, 1.54) is 141 Å². The number of hydroxylamine groups is 3. The van der Waals surface area contributed by atoms with Gasteiger partial charge in [-0.05, 0) is 64.2 Å². The SMILES string of the molecule is CCCCCCCCC=CCCCCCCCC(=O)OCC[N+]1(OC(=O)CCCCCCCC=CCCCCCCCC)CCOCC1. The topological polar surface area (TPSA) is 61.8 Å². The highest BCUT2D eigenvalue weighted by atomic mass is 16.8. The van der Waals surface area contributed by atoms with Crippen LogP contribution in [0.15, 0.2) is 24.3 Å². The number of morpholine rings is 1. The fraction of sp³-hybridized carbons (Fsp3) is 0.857. The third kappa shape index (κ3) is 28.2. The lowest BCUT2D eigenvalue weighted by molar-refractivity contribution is -1.09. The number of ether oxygens (including phenoxy) is 2. The maximum atomic E-state index is 12.7. The summed E-state index contributed by atoms with van der Waals surface area (Å²) in [4.78, 5) is 31.0. The number of hydrogen-bond donors (Lipinski definition) is 0. The van der Waals surface area contributed by atoms with E-state index in [0.717, 1.165) is 25.7 Å². The summed E-state index contributed by atoms with van der Waals surface area (Å²) in [6.07, 6.45) is 42.6. The second-order valence-corrected chi connectivity index (χ2v) is 14.2. The number of allylic oxidation sites excluding steroid dienone is 4. The van der Waals surface area contributed by atoms with Crippen molar-refractivity contribution in [1.29, 1.82) is 0 Å². The van der Waals surface area contributed by atoms with Crippen LogP contribution in [0.5, 0.6) is 0 Å². The fourth-order valence-corrected chi connectivity index (χ4v) is 6.38. The summed E-state index contributed by atoms with van der Waals surface area (Å²) in [7, 11) is 0. The van der Waals surface area contributed by atoms with Crippen molar-refractivity contribution < 1.29 is 28.5 Å². The van der Waals surface area contributed by atoms with E-state index in [0.29, 0.717) is 45.7 Å². The Balaban J connectivity index is 2.04. The number of hydrogen-bond acceptors (Lipinski definition) is 5. The second-order valence-electron chi connectivity index (χ2n) is 14.2. The number of quaternary nitrogens is 1. The Morgan fingerprint density at radius 3 is 1.33 bits per heavy atom. The average Bonchev–Trinajstić information content (AvgIpc) is 3.08. The third-order valence-corrected chi connectivity index (χ3v) is 9.63. The van der Waals surface area contributed by atoms with Crippen molar-refractivity contribution in [2.24, 2.45) is 0 Å². The van der Waals surface area contributed by atoms with Gasteiger partial charge in [-0.15, -0.1) is 4.65 Å². The first kappa shape index (κ1) is 44.4. The summed E-state index contributed by atoms with van der Waals surface area (Å²) in [5, 5.41) is 0. The number of nitrogens with zero attached hydrogens (tertiary/aromatic N) is 1. The predicted octanol–water partition coefficient (Wildman–Crippen LogP) is 11.9. The highest BCUT2D eigenvalue weighted by Crippen LogP contribution is 2.17. The lowest BCUT2D eigenvalue weighted by Gasteiger charge is -2.36. The van der Waals surface area contributed by atoms with E-state index in [1.807, 2.05) is 0 Å². The Morgan fingerprint density at radius 2 is 0.896 bits per heavy atom. The first-order valence-corrected chi connectivity index (χ1v) is 20.7. The smallest absolute Gasteiger partial charge is 0.366 e. The standard InChI is InChI=1S/C42H78NO5/c1-3-5-7-9-11-13-15-17-19-21-23-25-27-29-31-33-41(44)47-40-37-43(35-38-46-39-36-43)48-42(45)34-32-30-28-26-24-22-20-18-16-14-12-10-8-6-4-2/h17-20H,3-16,21-40H2,1-2H3/q+1. The Morgan fingerprint density at radius 1 is 0.521 bits per heavy atom. The quantitative estimate of drug-likeness (QED) is 0.0294. The Kier molecular flexibility index (Phi) is 31.3. The van der Waals surface area contributed by atoms with Gasteiger partial charge in [-0.1, -0.05) is 141 Å². The van der Waals surface area contributed by atoms with Crippen LogP contribution in [-0.4, -0.2) is 56.0 Å². The lowest BCUT2D eigenvalue weighted by atomic mass is 10.1. The highest BCUT2D eigenvalue weighted by Gasteiger charge is 2.36. The third-order valence-electron chi connectivity index (χ3n) is 9.63. The molecule has 1 aliphatic heterocycles. The molecule has 0 aliphatic carbocycles. The number of carbonyl (C=O) groups is 2. The van der Waals surface area contributed by atoms with Gasteiger partial charge in [-0.2, -0.15) is 0 Å². The molecule has 0 unspecified atom stereocenters. The van der Waals surface area contributed by atoms with Crippen molar-refractivity contribution in [3.05, 3.63) is 24.3 Å². The van der Waals surface area contributed by atoms with Crippen LogP contribution < -0.4 is 0 Å². The van der Waals surface area contributed by atoms with Crippen LogP contribution in [-0.2, 0) is 23.9 Å². The normalized spacial score (nSPS) is 14.6. The van der Waals surface area contributed by atoms with E-state index in [4.69, 9.17) is 14.3 Å². The van der Waals surface area contributed by atoms with Crippen molar-refractivity contribution in [3.8, 4) is 0 Å². The largest absolute Gasteiger partial charge is 0.460 e. The first-order valence-electron chi connectivity index (χ1n) is 20.7. The zero-order valence-corrected chi connectivity index (χ0v) is 31.8. The van der Waals surface area contributed by atoms with E-state index in [1.54, 1.807) is 0 Å².